The number of phenolic OH excluding ortho intramolecular Hbond substituents is 1. The molecule has 50 heavy (non-hydrogen) atoms. The van der Waals surface area contributed by atoms with Gasteiger partial charge in [0.05, 0.1) is 12.6 Å². The molecule has 272 valence electrons. The van der Waals surface area contributed by atoms with Crippen molar-refractivity contribution in [2.24, 2.45) is 5.92 Å². The molecule has 2 aliphatic heterocycles. The zero-order valence-corrected chi connectivity index (χ0v) is 27.8. The van der Waals surface area contributed by atoms with Gasteiger partial charge in [0.1, 0.15) is 61.6 Å². The summed E-state index contributed by atoms with van der Waals surface area (Å²) in [4.78, 5) is 67.2. The van der Waals surface area contributed by atoms with E-state index in [0.717, 1.165) is 4.90 Å². The van der Waals surface area contributed by atoms with Gasteiger partial charge in [-0.3, -0.25) is 24.5 Å². The van der Waals surface area contributed by atoms with Crippen LogP contribution in [0.2, 0.25) is 0 Å². The van der Waals surface area contributed by atoms with E-state index in [0.29, 0.717) is 11.1 Å². The number of benzene rings is 2. The molecule has 2 heterocycles. The minimum atomic E-state index is -2.11. The molecule has 4 amide bonds. The Morgan fingerprint density at radius 3 is 2.08 bits per heavy atom. The van der Waals surface area contributed by atoms with Gasteiger partial charge in [-0.05, 0) is 42.0 Å². The van der Waals surface area contributed by atoms with Crippen LogP contribution < -0.4 is 21.3 Å². The number of cyclic esters (lactones) is 1. The van der Waals surface area contributed by atoms with Gasteiger partial charge in [0.2, 0.25) is 23.6 Å². The van der Waals surface area contributed by atoms with Gasteiger partial charge in [-0.15, -0.1) is 0 Å². The molecule has 1 unspecified atom stereocenters. The molecule has 16 heteroatoms. The van der Waals surface area contributed by atoms with Gasteiger partial charge >= 0.3 is 5.97 Å². The van der Waals surface area contributed by atoms with Crippen LogP contribution in [0.1, 0.15) is 31.4 Å². The fourth-order valence-electron chi connectivity index (χ4n) is 5.81. The number of rotatable bonds is 6. The first-order valence-corrected chi connectivity index (χ1v) is 16.4. The number of fused-ring (bicyclic) bond motifs is 1. The fraction of sp³-hybridized carbons (Fsp3) is 0.500. The quantitative estimate of drug-likeness (QED) is 0.141. The van der Waals surface area contributed by atoms with Crippen molar-refractivity contribution in [1.82, 2.24) is 26.2 Å². The number of amides is 4. The Hall–Kier alpha value is -4.61. The average Bonchev–Trinajstić information content (AvgIpc) is 3.38. The molecule has 2 aliphatic rings. The third-order valence-electron chi connectivity index (χ3n) is 8.48. The van der Waals surface area contributed by atoms with Crippen LogP contribution in [0.15, 0.2) is 54.6 Å². The minimum Gasteiger partial charge on any atom is -0.508 e. The molecule has 0 saturated carbocycles. The summed E-state index contributed by atoms with van der Waals surface area (Å²) in [5.41, 5.74) is 1.31. The second kappa shape index (κ2) is 17.4. The molecule has 4 rings (SSSR count). The molecule has 0 spiro atoms. The SMILES string of the molecule is CC(C)C[C@@H]1NC(=O)[C@H](Cc2ccccc2)NC(=O)CNC(=O)CN2C(=O)[C@H](Cc3ccc(O)cc3)NC2[C@@H](O)[C@@H](O)[C@H](O)[C@H](O)COC1=O. The van der Waals surface area contributed by atoms with Gasteiger partial charge in [-0.2, -0.15) is 0 Å². The Labute approximate surface area is 288 Å². The summed E-state index contributed by atoms with van der Waals surface area (Å²) in [6, 6.07) is 11.4. The lowest BCUT2D eigenvalue weighted by molar-refractivity contribution is -0.161. The third-order valence-corrected chi connectivity index (χ3v) is 8.48. The Bertz CT molecular complexity index is 1490. The number of carbonyl (C=O) groups is 5. The summed E-state index contributed by atoms with van der Waals surface area (Å²) in [5, 5.41) is 63.5. The molecule has 16 nitrogen and oxygen atoms in total. The number of aromatic hydroxyl groups is 1. The number of carbonyl (C=O) groups excluding carboxylic acids is 5. The van der Waals surface area contributed by atoms with E-state index in [4.69, 9.17) is 4.74 Å². The van der Waals surface area contributed by atoms with Crippen LogP contribution in [0.25, 0.3) is 0 Å². The lowest BCUT2D eigenvalue weighted by atomic mass is 10.0. The molecule has 8 atom stereocenters. The number of phenols is 1. The summed E-state index contributed by atoms with van der Waals surface area (Å²) >= 11 is 0. The Morgan fingerprint density at radius 1 is 0.780 bits per heavy atom. The monoisotopic (exact) mass is 699 g/mol. The number of hydrogen-bond donors (Lipinski definition) is 9. The van der Waals surface area contributed by atoms with Crippen molar-refractivity contribution in [2.75, 3.05) is 19.7 Å². The van der Waals surface area contributed by atoms with Gasteiger partial charge < -0.3 is 51.1 Å². The van der Waals surface area contributed by atoms with Crippen LogP contribution in [0.4, 0.5) is 0 Å². The predicted molar refractivity (Wildman–Crippen MR) is 176 cm³/mol. The molecule has 2 saturated heterocycles. The van der Waals surface area contributed by atoms with Crippen molar-refractivity contribution in [1.29, 1.82) is 0 Å². The van der Waals surface area contributed by atoms with Crippen molar-refractivity contribution in [3.8, 4) is 5.75 Å². The highest BCUT2D eigenvalue weighted by atomic mass is 16.5. The van der Waals surface area contributed by atoms with Crippen molar-refractivity contribution in [3.63, 3.8) is 0 Å². The average molecular weight is 700 g/mol. The minimum absolute atomic E-state index is 0.00452. The second-order valence-corrected chi connectivity index (χ2v) is 12.9. The molecular formula is C34H45N5O11. The first-order chi connectivity index (χ1) is 23.7. The first-order valence-electron chi connectivity index (χ1n) is 16.4. The Balaban J connectivity index is 1.61. The number of hydrogen-bond acceptors (Lipinski definition) is 12. The maximum absolute atomic E-state index is 13.5. The molecular weight excluding hydrogens is 654 g/mol. The third kappa shape index (κ3) is 10.2. The molecule has 2 fully saturated rings. The van der Waals surface area contributed by atoms with Gasteiger partial charge in [-0.25, -0.2) is 4.79 Å². The number of nitrogens with one attached hydrogen (secondary N) is 4. The maximum Gasteiger partial charge on any atom is 0.328 e. The van der Waals surface area contributed by atoms with E-state index >= 15 is 0 Å². The molecule has 0 bridgehead atoms. The lowest BCUT2D eigenvalue weighted by Crippen LogP contribution is -2.58. The first kappa shape index (κ1) is 38.2. The lowest BCUT2D eigenvalue weighted by Gasteiger charge is -2.33. The number of aliphatic hydroxyl groups excluding tert-OH is 4. The van der Waals surface area contributed by atoms with Gasteiger partial charge in [-0.1, -0.05) is 56.3 Å². The Morgan fingerprint density at radius 2 is 1.42 bits per heavy atom. The van der Waals surface area contributed by atoms with Crippen molar-refractivity contribution >= 4 is 29.6 Å². The summed E-state index contributed by atoms with van der Waals surface area (Å²) in [6.45, 7) is 1.50. The molecule has 9 N–H and O–H groups in total. The molecule has 0 aromatic heterocycles. The van der Waals surface area contributed by atoms with E-state index in [9.17, 15) is 49.5 Å². The van der Waals surface area contributed by atoms with E-state index in [2.05, 4.69) is 21.3 Å². The molecule has 2 aromatic carbocycles. The zero-order valence-electron chi connectivity index (χ0n) is 27.8. The predicted octanol–water partition coefficient (Wildman–Crippen LogP) is -2.56. The molecule has 0 aliphatic carbocycles. The largest absolute Gasteiger partial charge is 0.508 e. The highest BCUT2D eigenvalue weighted by molar-refractivity contribution is 5.93. The number of aliphatic hydroxyl groups is 4. The van der Waals surface area contributed by atoms with E-state index < -0.39 is 98.0 Å². The van der Waals surface area contributed by atoms with Crippen LogP contribution in [0.3, 0.4) is 0 Å². The number of esters is 1. The summed E-state index contributed by atoms with van der Waals surface area (Å²) < 4.78 is 5.22. The Kier molecular flexibility index (Phi) is 13.3. The number of nitrogens with zero attached hydrogens (tertiary/aromatic N) is 1. The fourth-order valence-corrected chi connectivity index (χ4v) is 5.81. The van der Waals surface area contributed by atoms with Crippen molar-refractivity contribution in [2.45, 2.75) is 81.8 Å². The normalized spacial score (nSPS) is 29.2. The topological polar surface area (TPSA) is 247 Å². The van der Waals surface area contributed by atoms with Gasteiger partial charge in [0, 0.05) is 6.42 Å². The second-order valence-electron chi connectivity index (χ2n) is 12.9. The van der Waals surface area contributed by atoms with Crippen LogP contribution in [0, 0.1) is 5.92 Å². The van der Waals surface area contributed by atoms with Crippen molar-refractivity contribution < 1.29 is 54.2 Å². The van der Waals surface area contributed by atoms with Crippen LogP contribution in [-0.4, -0.2) is 128 Å². The highest BCUT2D eigenvalue weighted by Crippen LogP contribution is 2.22. The highest BCUT2D eigenvalue weighted by Gasteiger charge is 2.47. The standard InChI is InChI=1S/C34H45N5O11/c1-18(2)12-24-34(49)50-17-25(41)28(44)29(45)30(46)31-37-23(14-20-8-10-21(40)11-9-20)33(48)39(31)16-27(43)35-15-26(42)36-22(32(47)38-24)13-19-6-4-3-5-7-19/h3-11,18,22-25,28-31,37,40-41,44-46H,12-17H2,1-2H3,(H,35,43)(H,36,42)(H,38,47)/t22-,23-,24-,25+,28+,29-,30-,31?/m0/s1. The van der Waals surface area contributed by atoms with Crippen molar-refractivity contribution in [3.05, 3.63) is 65.7 Å². The van der Waals surface area contributed by atoms with Crippen LogP contribution in [-0.2, 0) is 41.6 Å². The van der Waals surface area contributed by atoms with E-state index in [-0.39, 0.29) is 30.9 Å². The van der Waals surface area contributed by atoms with E-state index in [1.807, 2.05) is 0 Å². The van der Waals surface area contributed by atoms with Gasteiger partial charge in [0.25, 0.3) is 0 Å². The molecule has 2 aromatic rings. The number of ether oxygens (including phenoxy) is 1. The van der Waals surface area contributed by atoms with E-state index in [1.165, 1.54) is 12.1 Å². The van der Waals surface area contributed by atoms with Gasteiger partial charge in [0.15, 0.2) is 0 Å². The molecule has 0 radical (unpaired) electrons. The smallest absolute Gasteiger partial charge is 0.328 e. The van der Waals surface area contributed by atoms with Crippen LogP contribution >= 0.6 is 0 Å². The zero-order chi connectivity index (χ0) is 36.5. The maximum atomic E-state index is 13.5. The van der Waals surface area contributed by atoms with E-state index in [1.54, 1.807) is 56.3 Å². The summed E-state index contributed by atoms with van der Waals surface area (Å²) in [7, 11) is 0. The van der Waals surface area contributed by atoms with Crippen LogP contribution in [0.5, 0.6) is 5.75 Å². The summed E-state index contributed by atoms with van der Waals surface area (Å²) in [6.07, 6.45) is -9.30. The summed E-state index contributed by atoms with van der Waals surface area (Å²) in [5.74, 6) is -3.99.